The SMILES string of the molecule is c1ccc2oc(-c3cn4c5c(sc4n3)CCCC5)cc2c1. The predicted molar refractivity (Wildman–Crippen MR) is 84.9 cm³/mol. The summed E-state index contributed by atoms with van der Waals surface area (Å²) in [5.74, 6) is 0.858. The van der Waals surface area contributed by atoms with E-state index in [9.17, 15) is 0 Å². The van der Waals surface area contributed by atoms with Gasteiger partial charge in [0.15, 0.2) is 10.7 Å². The fourth-order valence-electron chi connectivity index (χ4n) is 3.19. The topological polar surface area (TPSA) is 30.4 Å². The first kappa shape index (κ1) is 11.6. The van der Waals surface area contributed by atoms with E-state index in [1.807, 2.05) is 29.5 Å². The molecule has 0 aliphatic heterocycles. The molecule has 5 rings (SSSR count). The third-order valence-electron chi connectivity index (χ3n) is 4.25. The highest BCUT2D eigenvalue weighted by Gasteiger charge is 2.19. The predicted octanol–water partition coefficient (Wildman–Crippen LogP) is 4.69. The van der Waals surface area contributed by atoms with Crippen LogP contribution in [0, 0.1) is 0 Å². The van der Waals surface area contributed by atoms with Crippen LogP contribution in [0.1, 0.15) is 23.4 Å². The lowest BCUT2D eigenvalue weighted by atomic mass is 10.0. The zero-order valence-corrected chi connectivity index (χ0v) is 12.3. The fourth-order valence-corrected chi connectivity index (χ4v) is 4.38. The minimum atomic E-state index is 0.858. The van der Waals surface area contributed by atoms with Crippen molar-refractivity contribution in [1.29, 1.82) is 0 Å². The maximum Gasteiger partial charge on any atom is 0.194 e. The summed E-state index contributed by atoms with van der Waals surface area (Å²) < 4.78 is 8.19. The largest absolute Gasteiger partial charge is 0.454 e. The highest BCUT2D eigenvalue weighted by atomic mass is 32.1. The minimum absolute atomic E-state index is 0.858. The van der Waals surface area contributed by atoms with Crippen molar-refractivity contribution in [3.05, 3.63) is 47.1 Å². The Morgan fingerprint density at radius 3 is 3.00 bits per heavy atom. The summed E-state index contributed by atoms with van der Waals surface area (Å²) in [6, 6.07) is 10.2. The number of rotatable bonds is 1. The lowest BCUT2D eigenvalue weighted by Crippen LogP contribution is -2.01. The standard InChI is InChI=1S/C17H14N2OS/c1-3-7-14-11(5-1)9-15(20-14)12-10-19-13-6-2-4-8-16(13)21-17(19)18-12/h1,3,5,7,9-10H,2,4,6,8H2. The number of aryl methyl sites for hydroxylation is 2. The van der Waals surface area contributed by atoms with Crippen LogP contribution in [0.5, 0.6) is 0 Å². The van der Waals surface area contributed by atoms with Gasteiger partial charge in [0.25, 0.3) is 0 Å². The second-order valence-corrected chi connectivity index (χ2v) is 6.67. The Morgan fingerprint density at radius 2 is 2.05 bits per heavy atom. The Balaban J connectivity index is 1.68. The maximum atomic E-state index is 5.93. The molecule has 3 nitrogen and oxygen atoms in total. The Morgan fingerprint density at radius 1 is 1.14 bits per heavy atom. The number of fused-ring (bicyclic) bond motifs is 4. The average Bonchev–Trinajstić information content (AvgIpc) is 3.18. The van der Waals surface area contributed by atoms with Crippen LogP contribution in [0.2, 0.25) is 0 Å². The summed E-state index contributed by atoms with van der Waals surface area (Å²) >= 11 is 1.83. The van der Waals surface area contributed by atoms with Gasteiger partial charge in [-0.3, -0.25) is 4.40 Å². The molecule has 104 valence electrons. The molecule has 21 heavy (non-hydrogen) atoms. The molecular formula is C17H14N2OS. The molecule has 0 fully saturated rings. The van der Waals surface area contributed by atoms with Crippen LogP contribution in [0.15, 0.2) is 40.9 Å². The van der Waals surface area contributed by atoms with E-state index in [1.165, 1.54) is 36.3 Å². The van der Waals surface area contributed by atoms with Gasteiger partial charge < -0.3 is 4.42 Å². The molecule has 0 atom stereocenters. The molecule has 0 spiro atoms. The van der Waals surface area contributed by atoms with Gasteiger partial charge in [0.2, 0.25) is 0 Å². The maximum absolute atomic E-state index is 5.93. The number of thiazole rings is 1. The Hall–Kier alpha value is -2.07. The smallest absolute Gasteiger partial charge is 0.194 e. The Labute approximate surface area is 125 Å². The van der Waals surface area contributed by atoms with Crippen LogP contribution < -0.4 is 0 Å². The Kier molecular flexibility index (Phi) is 2.32. The highest BCUT2D eigenvalue weighted by molar-refractivity contribution is 7.17. The molecule has 0 bridgehead atoms. The van der Waals surface area contributed by atoms with Gasteiger partial charge >= 0.3 is 0 Å². The van der Waals surface area contributed by atoms with Crippen molar-refractivity contribution in [2.45, 2.75) is 25.7 Å². The summed E-state index contributed by atoms with van der Waals surface area (Å²) in [4.78, 5) is 7.38. The van der Waals surface area contributed by atoms with Crippen molar-refractivity contribution < 1.29 is 4.42 Å². The molecule has 0 saturated heterocycles. The Bertz CT molecular complexity index is 927. The fraction of sp³-hybridized carbons (Fsp3) is 0.235. The van der Waals surface area contributed by atoms with Crippen LogP contribution in [0.25, 0.3) is 27.4 Å². The van der Waals surface area contributed by atoms with Gasteiger partial charge in [-0.05, 0) is 37.8 Å². The van der Waals surface area contributed by atoms with Crippen LogP contribution in [0.4, 0.5) is 0 Å². The molecule has 1 aliphatic carbocycles. The highest BCUT2D eigenvalue weighted by Crippen LogP contribution is 2.33. The molecule has 0 amide bonds. The monoisotopic (exact) mass is 294 g/mol. The molecule has 0 saturated carbocycles. The van der Waals surface area contributed by atoms with Gasteiger partial charge in [-0.15, -0.1) is 11.3 Å². The van der Waals surface area contributed by atoms with Crippen molar-refractivity contribution >= 4 is 27.3 Å². The normalized spacial score (nSPS) is 14.9. The van der Waals surface area contributed by atoms with Crippen LogP contribution >= 0.6 is 11.3 Å². The second-order valence-electron chi connectivity index (χ2n) is 5.61. The minimum Gasteiger partial charge on any atom is -0.454 e. The van der Waals surface area contributed by atoms with E-state index in [0.29, 0.717) is 0 Å². The molecule has 1 aliphatic rings. The molecule has 3 heterocycles. The molecular weight excluding hydrogens is 280 g/mol. The van der Waals surface area contributed by atoms with Gasteiger partial charge in [0.1, 0.15) is 11.3 Å². The first-order chi connectivity index (χ1) is 10.4. The molecule has 4 aromatic rings. The van der Waals surface area contributed by atoms with E-state index in [-0.39, 0.29) is 0 Å². The van der Waals surface area contributed by atoms with E-state index >= 15 is 0 Å². The van der Waals surface area contributed by atoms with Crippen LogP contribution in [-0.2, 0) is 12.8 Å². The number of para-hydroxylation sites is 1. The van der Waals surface area contributed by atoms with Crippen molar-refractivity contribution in [3.63, 3.8) is 0 Å². The quantitative estimate of drug-likeness (QED) is 0.510. The van der Waals surface area contributed by atoms with E-state index < -0.39 is 0 Å². The van der Waals surface area contributed by atoms with Gasteiger partial charge in [-0.25, -0.2) is 4.98 Å². The number of imidazole rings is 1. The van der Waals surface area contributed by atoms with Crippen molar-refractivity contribution in [2.24, 2.45) is 0 Å². The zero-order valence-electron chi connectivity index (χ0n) is 11.5. The lowest BCUT2D eigenvalue weighted by Gasteiger charge is -2.09. The zero-order chi connectivity index (χ0) is 13.8. The number of nitrogens with zero attached hydrogens (tertiary/aromatic N) is 2. The summed E-state index contributed by atoms with van der Waals surface area (Å²) in [6.45, 7) is 0. The number of hydrogen-bond donors (Lipinski definition) is 0. The van der Waals surface area contributed by atoms with Gasteiger partial charge in [-0.2, -0.15) is 0 Å². The molecule has 0 N–H and O–H groups in total. The first-order valence-corrected chi connectivity index (χ1v) is 8.19. The molecule has 1 aromatic carbocycles. The van der Waals surface area contributed by atoms with Gasteiger partial charge in [-0.1, -0.05) is 18.2 Å². The van der Waals surface area contributed by atoms with E-state index in [0.717, 1.165) is 27.4 Å². The third-order valence-corrected chi connectivity index (χ3v) is 5.40. The van der Waals surface area contributed by atoms with E-state index in [2.05, 4.69) is 22.7 Å². The molecule has 0 unspecified atom stereocenters. The molecule has 0 radical (unpaired) electrons. The lowest BCUT2D eigenvalue weighted by molar-refractivity contribution is 0.629. The van der Waals surface area contributed by atoms with Gasteiger partial charge in [0, 0.05) is 22.2 Å². The van der Waals surface area contributed by atoms with Crippen molar-refractivity contribution in [3.8, 4) is 11.5 Å². The number of benzene rings is 1. The summed E-state index contributed by atoms with van der Waals surface area (Å²) in [6.07, 6.45) is 7.12. The third kappa shape index (κ3) is 1.69. The number of furan rings is 1. The van der Waals surface area contributed by atoms with Crippen LogP contribution in [-0.4, -0.2) is 9.38 Å². The number of hydrogen-bond acceptors (Lipinski definition) is 3. The number of aromatic nitrogens is 2. The van der Waals surface area contributed by atoms with Crippen molar-refractivity contribution in [2.75, 3.05) is 0 Å². The van der Waals surface area contributed by atoms with E-state index in [4.69, 9.17) is 9.40 Å². The summed E-state index contributed by atoms with van der Waals surface area (Å²) in [7, 11) is 0. The van der Waals surface area contributed by atoms with Gasteiger partial charge in [0.05, 0.1) is 0 Å². The first-order valence-electron chi connectivity index (χ1n) is 7.37. The van der Waals surface area contributed by atoms with Crippen LogP contribution in [0.3, 0.4) is 0 Å². The summed E-state index contributed by atoms with van der Waals surface area (Å²) in [5.41, 5.74) is 3.31. The van der Waals surface area contributed by atoms with E-state index in [1.54, 1.807) is 0 Å². The second kappa shape index (κ2) is 4.21. The van der Waals surface area contributed by atoms with Crippen molar-refractivity contribution in [1.82, 2.24) is 9.38 Å². The molecule has 4 heteroatoms. The molecule has 3 aromatic heterocycles. The summed E-state index contributed by atoms with van der Waals surface area (Å²) in [5, 5.41) is 1.13. The average molecular weight is 294 g/mol.